The Kier molecular flexibility index (Phi) is 3.25. The summed E-state index contributed by atoms with van der Waals surface area (Å²) in [6.07, 6.45) is 2.54. The number of nitrogens with one attached hydrogen (secondary N) is 1. The monoisotopic (exact) mass is 243 g/mol. The highest BCUT2D eigenvalue weighted by molar-refractivity contribution is 7.13. The van der Waals surface area contributed by atoms with Gasteiger partial charge in [-0.2, -0.15) is 0 Å². The first-order valence-corrected chi connectivity index (χ1v) is 7.13. The standard InChI is InChI=1S/C15H17NS/c1-3-12(9-13-6-7-16-11-13)10-14(4-1)15-5-2-8-17-15/h1-5,8,10,13,16H,6-7,9,11H2. The normalized spacial score (nSPS) is 19.6. The molecular formula is C15H17NS. The van der Waals surface area contributed by atoms with Crippen molar-refractivity contribution in [3.05, 3.63) is 47.3 Å². The van der Waals surface area contributed by atoms with Gasteiger partial charge in [0.25, 0.3) is 0 Å². The van der Waals surface area contributed by atoms with Gasteiger partial charge in [0.15, 0.2) is 0 Å². The summed E-state index contributed by atoms with van der Waals surface area (Å²) in [6.45, 7) is 2.37. The second kappa shape index (κ2) is 5.03. The molecule has 1 saturated heterocycles. The van der Waals surface area contributed by atoms with Crippen LogP contribution in [0, 0.1) is 5.92 Å². The number of hydrogen-bond donors (Lipinski definition) is 1. The van der Waals surface area contributed by atoms with E-state index in [1.807, 2.05) is 11.3 Å². The van der Waals surface area contributed by atoms with E-state index in [0.29, 0.717) is 0 Å². The predicted molar refractivity (Wildman–Crippen MR) is 74.4 cm³/mol. The molecule has 88 valence electrons. The maximum Gasteiger partial charge on any atom is 0.0342 e. The maximum absolute atomic E-state index is 3.44. The molecule has 2 aromatic rings. The minimum absolute atomic E-state index is 0.827. The van der Waals surface area contributed by atoms with Crippen LogP contribution >= 0.6 is 11.3 Å². The molecule has 0 bridgehead atoms. The highest BCUT2D eigenvalue weighted by Crippen LogP contribution is 2.26. The first kappa shape index (κ1) is 11.0. The van der Waals surface area contributed by atoms with E-state index in [4.69, 9.17) is 0 Å². The molecule has 0 saturated carbocycles. The van der Waals surface area contributed by atoms with E-state index >= 15 is 0 Å². The molecule has 1 aliphatic heterocycles. The predicted octanol–water partition coefficient (Wildman–Crippen LogP) is 3.57. The Morgan fingerprint density at radius 1 is 1.24 bits per heavy atom. The Balaban J connectivity index is 1.79. The van der Waals surface area contributed by atoms with Crippen LogP contribution < -0.4 is 5.32 Å². The quantitative estimate of drug-likeness (QED) is 0.869. The third kappa shape index (κ3) is 2.59. The molecule has 1 aliphatic rings. The van der Waals surface area contributed by atoms with Crippen LogP contribution in [0.4, 0.5) is 0 Å². The summed E-state index contributed by atoms with van der Waals surface area (Å²) < 4.78 is 0. The van der Waals surface area contributed by atoms with Gasteiger partial charge >= 0.3 is 0 Å². The Labute approximate surface area is 106 Å². The van der Waals surface area contributed by atoms with E-state index in [9.17, 15) is 0 Å². The number of thiophene rings is 1. The molecule has 2 heterocycles. The number of benzene rings is 1. The van der Waals surface area contributed by atoms with E-state index in [1.54, 1.807) is 0 Å². The minimum Gasteiger partial charge on any atom is -0.316 e. The van der Waals surface area contributed by atoms with E-state index < -0.39 is 0 Å². The van der Waals surface area contributed by atoms with Crippen LogP contribution in [0.3, 0.4) is 0 Å². The molecule has 3 rings (SSSR count). The van der Waals surface area contributed by atoms with Crippen molar-refractivity contribution < 1.29 is 0 Å². The van der Waals surface area contributed by atoms with Crippen molar-refractivity contribution in [1.29, 1.82) is 0 Å². The zero-order valence-corrected chi connectivity index (χ0v) is 10.7. The Bertz CT molecular complexity index is 469. The molecule has 2 heteroatoms. The zero-order chi connectivity index (χ0) is 11.5. The maximum atomic E-state index is 3.44. The fourth-order valence-electron chi connectivity index (χ4n) is 2.52. The molecule has 1 atom stereocenters. The van der Waals surface area contributed by atoms with Crippen molar-refractivity contribution in [2.45, 2.75) is 12.8 Å². The molecule has 1 unspecified atom stereocenters. The Morgan fingerprint density at radius 2 is 2.24 bits per heavy atom. The lowest BCUT2D eigenvalue weighted by molar-refractivity contribution is 0.580. The average molecular weight is 243 g/mol. The van der Waals surface area contributed by atoms with Crippen molar-refractivity contribution in [3.63, 3.8) is 0 Å². The highest BCUT2D eigenvalue weighted by atomic mass is 32.1. The molecule has 0 amide bonds. The van der Waals surface area contributed by atoms with Crippen molar-refractivity contribution in [2.75, 3.05) is 13.1 Å². The zero-order valence-electron chi connectivity index (χ0n) is 9.86. The van der Waals surface area contributed by atoms with Crippen LogP contribution in [0.5, 0.6) is 0 Å². The van der Waals surface area contributed by atoms with Gasteiger partial charge in [0, 0.05) is 4.88 Å². The van der Waals surface area contributed by atoms with Crippen molar-refractivity contribution in [3.8, 4) is 10.4 Å². The van der Waals surface area contributed by atoms with Gasteiger partial charge in [0.1, 0.15) is 0 Å². The topological polar surface area (TPSA) is 12.0 Å². The second-order valence-electron chi connectivity index (χ2n) is 4.74. The SMILES string of the molecule is c1cc(CC2CCNC2)cc(-c2cccs2)c1. The third-order valence-electron chi connectivity index (χ3n) is 3.42. The summed E-state index contributed by atoms with van der Waals surface area (Å²) in [5.41, 5.74) is 2.84. The van der Waals surface area contributed by atoms with Crippen LogP contribution in [0.2, 0.25) is 0 Å². The summed E-state index contributed by atoms with van der Waals surface area (Å²) >= 11 is 1.82. The smallest absolute Gasteiger partial charge is 0.0342 e. The molecule has 1 nitrogen and oxygen atoms in total. The minimum atomic E-state index is 0.827. The Hall–Kier alpha value is -1.12. The van der Waals surface area contributed by atoms with E-state index in [2.05, 4.69) is 47.1 Å². The van der Waals surface area contributed by atoms with Crippen LogP contribution in [-0.2, 0) is 6.42 Å². The van der Waals surface area contributed by atoms with Crippen molar-refractivity contribution in [1.82, 2.24) is 5.32 Å². The molecule has 1 N–H and O–H groups in total. The largest absolute Gasteiger partial charge is 0.316 e. The van der Waals surface area contributed by atoms with E-state index in [-0.39, 0.29) is 0 Å². The van der Waals surface area contributed by atoms with Crippen LogP contribution in [0.15, 0.2) is 41.8 Å². The second-order valence-corrected chi connectivity index (χ2v) is 5.69. The third-order valence-corrected chi connectivity index (χ3v) is 4.34. The fourth-order valence-corrected chi connectivity index (χ4v) is 3.24. The molecule has 17 heavy (non-hydrogen) atoms. The first-order chi connectivity index (χ1) is 8.42. The van der Waals surface area contributed by atoms with Crippen LogP contribution in [-0.4, -0.2) is 13.1 Å². The van der Waals surface area contributed by atoms with Gasteiger partial charge in [0.2, 0.25) is 0 Å². The van der Waals surface area contributed by atoms with Gasteiger partial charge in [0.05, 0.1) is 0 Å². The Morgan fingerprint density at radius 3 is 3.00 bits per heavy atom. The first-order valence-electron chi connectivity index (χ1n) is 6.25. The lowest BCUT2D eigenvalue weighted by Crippen LogP contribution is -2.10. The molecule has 1 aromatic heterocycles. The van der Waals surface area contributed by atoms with E-state index in [1.165, 1.54) is 41.9 Å². The summed E-state index contributed by atoms with van der Waals surface area (Å²) in [6, 6.07) is 13.3. The highest BCUT2D eigenvalue weighted by Gasteiger charge is 2.14. The molecule has 1 fully saturated rings. The summed E-state index contributed by atoms with van der Waals surface area (Å²) in [5.74, 6) is 0.827. The molecule has 0 aliphatic carbocycles. The summed E-state index contributed by atoms with van der Waals surface area (Å²) in [4.78, 5) is 1.37. The fraction of sp³-hybridized carbons (Fsp3) is 0.333. The number of hydrogen-bond acceptors (Lipinski definition) is 2. The summed E-state index contributed by atoms with van der Waals surface area (Å²) in [7, 11) is 0. The van der Waals surface area contributed by atoms with Gasteiger partial charge in [-0.3, -0.25) is 0 Å². The van der Waals surface area contributed by atoms with Gasteiger partial charge in [-0.25, -0.2) is 0 Å². The van der Waals surface area contributed by atoms with Gasteiger partial charge < -0.3 is 5.32 Å². The average Bonchev–Trinajstić information content (AvgIpc) is 3.01. The van der Waals surface area contributed by atoms with Crippen LogP contribution in [0.1, 0.15) is 12.0 Å². The lowest BCUT2D eigenvalue weighted by atomic mass is 9.97. The number of rotatable bonds is 3. The molecule has 0 radical (unpaired) electrons. The summed E-state index contributed by atoms with van der Waals surface area (Å²) in [5, 5.41) is 5.58. The van der Waals surface area contributed by atoms with Gasteiger partial charge in [-0.15, -0.1) is 11.3 Å². The van der Waals surface area contributed by atoms with Crippen LogP contribution in [0.25, 0.3) is 10.4 Å². The van der Waals surface area contributed by atoms with Crippen molar-refractivity contribution >= 4 is 11.3 Å². The van der Waals surface area contributed by atoms with Gasteiger partial charge in [-0.1, -0.05) is 30.3 Å². The lowest BCUT2D eigenvalue weighted by Gasteiger charge is -2.09. The van der Waals surface area contributed by atoms with Crippen molar-refractivity contribution in [2.24, 2.45) is 5.92 Å². The van der Waals surface area contributed by atoms with Gasteiger partial charge in [-0.05, 0) is 54.4 Å². The molecular weight excluding hydrogens is 226 g/mol. The molecule has 1 aromatic carbocycles. The molecule has 0 spiro atoms. The van der Waals surface area contributed by atoms with E-state index in [0.717, 1.165) is 5.92 Å².